The smallest absolute Gasteiger partial charge is 0.225 e. The molecule has 6 heteroatoms. The summed E-state index contributed by atoms with van der Waals surface area (Å²) in [4.78, 5) is 24.8. The third-order valence-corrected chi connectivity index (χ3v) is 4.33. The van der Waals surface area contributed by atoms with Gasteiger partial charge in [0.15, 0.2) is 5.78 Å². The van der Waals surface area contributed by atoms with Crippen LogP contribution >= 0.6 is 0 Å². The number of anilines is 2. The highest BCUT2D eigenvalue weighted by molar-refractivity contribution is 5.94. The van der Waals surface area contributed by atoms with Crippen LogP contribution in [-0.2, 0) is 0 Å². The molecule has 2 aromatic rings. The fourth-order valence-corrected chi connectivity index (χ4v) is 2.92. The van der Waals surface area contributed by atoms with Crippen molar-refractivity contribution in [3.05, 3.63) is 41.7 Å². The van der Waals surface area contributed by atoms with Crippen molar-refractivity contribution >= 4 is 17.4 Å². The molecule has 126 valence electrons. The Morgan fingerprint density at radius 2 is 1.88 bits per heavy atom. The molecule has 0 radical (unpaired) electrons. The summed E-state index contributed by atoms with van der Waals surface area (Å²) in [6.07, 6.45) is 1.63. The zero-order valence-electron chi connectivity index (χ0n) is 14.3. The maximum atomic E-state index is 11.5. The lowest BCUT2D eigenvalue weighted by Crippen LogP contribution is -2.47. The number of piperazine rings is 1. The number of carbonyl (C=O) groups excluding carboxylic acids is 1. The van der Waals surface area contributed by atoms with Crippen molar-refractivity contribution in [2.24, 2.45) is 0 Å². The second kappa shape index (κ2) is 6.86. The number of ether oxygens (including phenoxy) is 1. The second-order valence-corrected chi connectivity index (χ2v) is 5.90. The maximum absolute atomic E-state index is 11.5. The van der Waals surface area contributed by atoms with E-state index in [4.69, 9.17) is 4.74 Å². The molecule has 1 aromatic carbocycles. The summed E-state index contributed by atoms with van der Waals surface area (Å²) in [7, 11) is 1.68. The van der Waals surface area contributed by atoms with Gasteiger partial charge in [-0.1, -0.05) is 6.07 Å². The molecule has 0 spiro atoms. The van der Waals surface area contributed by atoms with Crippen molar-refractivity contribution in [2.75, 3.05) is 43.1 Å². The lowest BCUT2D eigenvalue weighted by molar-refractivity contribution is 0.101. The first-order valence-electron chi connectivity index (χ1n) is 8.07. The number of rotatable bonds is 4. The normalized spacial score (nSPS) is 14.6. The topological polar surface area (TPSA) is 58.6 Å². The van der Waals surface area contributed by atoms with Gasteiger partial charge in [-0.3, -0.25) is 4.79 Å². The highest BCUT2D eigenvalue weighted by Gasteiger charge is 2.20. The molecule has 0 unspecified atom stereocenters. The summed E-state index contributed by atoms with van der Waals surface area (Å²) in [5.74, 6) is 1.57. The Balaban J connectivity index is 1.68. The quantitative estimate of drug-likeness (QED) is 0.804. The van der Waals surface area contributed by atoms with Gasteiger partial charge in [-0.05, 0) is 26.0 Å². The largest absolute Gasteiger partial charge is 0.497 e. The van der Waals surface area contributed by atoms with Crippen molar-refractivity contribution < 1.29 is 9.53 Å². The highest BCUT2D eigenvalue weighted by atomic mass is 16.5. The molecule has 0 N–H and O–H groups in total. The first-order valence-corrected chi connectivity index (χ1v) is 8.07. The van der Waals surface area contributed by atoms with E-state index in [0.29, 0.717) is 11.5 Å². The summed E-state index contributed by atoms with van der Waals surface area (Å²) in [5, 5.41) is 0. The van der Waals surface area contributed by atoms with Gasteiger partial charge in [-0.2, -0.15) is 0 Å². The molecule has 1 saturated heterocycles. The molecular formula is C18H22N4O2. The van der Waals surface area contributed by atoms with E-state index in [-0.39, 0.29) is 5.78 Å². The minimum Gasteiger partial charge on any atom is -0.497 e. The van der Waals surface area contributed by atoms with Crippen molar-refractivity contribution in [2.45, 2.75) is 13.8 Å². The van der Waals surface area contributed by atoms with Gasteiger partial charge in [0.1, 0.15) is 5.75 Å². The Bertz CT molecular complexity index is 740. The van der Waals surface area contributed by atoms with Gasteiger partial charge < -0.3 is 14.5 Å². The molecule has 0 atom stereocenters. The van der Waals surface area contributed by atoms with Crippen LogP contribution in [0.5, 0.6) is 5.75 Å². The van der Waals surface area contributed by atoms with Crippen molar-refractivity contribution in [3.8, 4) is 5.75 Å². The van der Waals surface area contributed by atoms with Gasteiger partial charge in [-0.15, -0.1) is 0 Å². The number of methoxy groups -OCH3 is 1. The molecule has 24 heavy (non-hydrogen) atoms. The van der Waals surface area contributed by atoms with Gasteiger partial charge >= 0.3 is 0 Å². The van der Waals surface area contributed by atoms with Crippen LogP contribution in [-0.4, -0.2) is 49.0 Å². The van der Waals surface area contributed by atoms with Crippen LogP contribution in [0.25, 0.3) is 0 Å². The number of hydrogen-bond acceptors (Lipinski definition) is 6. The third kappa shape index (κ3) is 3.32. The number of benzene rings is 1. The minimum atomic E-state index is 0.00175. The fourth-order valence-electron chi connectivity index (χ4n) is 2.92. The monoisotopic (exact) mass is 326 g/mol. The van der Waals surface area contributed by atoms with Gasteiger partial charge in [0, 0.05) is 44.1 Å². The predicted octanol–water partition coefficient (Wildman–Crippen LogP) is 2.32. The first kappa shape index (κ1) is 16.2. The molecule has 1 aliphatic rings. The first-order chi connectivity index (χ1) is 11.6. The zero-order valence-corrected chi connectivity index (χ0v) is 14.3. The molecule has 0 amide bonds. The van der Waals surface area contributed by atoms with Crippen LogP contribution in [0.3, 0.4) is 0 Å². The summed E-state index contributed by atoms with van der Waals surface area (Å²) in [5.41, 5.74) is 2.49. The summed E-state index contributed by atoms with van der Waals surface area (Å²) < 4.78 is 5.30. The van der Waals surface area contributed by atoms with E-state index in [9.17, 15) is 4.79 Å². The Kier molecular flexibility index (Phi) is 4.64. The minimum absolute atomic E-state index is 0.00175. The van der Waals surface area contributed by atoms with Crippen molar-refractivity contribution in [1.82, 2.24) is 9.97 Å². The lowest BCUT2D eigenvalue weighted by Gasteiger charge is -2.36. The van der Waals surface area contributed by atoms with Crippen LogP contribution in [0.15, 0.2) is 30.5 Å². The van der Waals surface area contributed by atoms with E-state index in [2.05, 4.69) is 31.9 Å². The Labute approximate surface area is 142 Å². The van der Waals surface area contributed by atoms with Crippen LogP contribution in [0, 0.1) is 6.92 Å². The lowest BCUT2D eigenvalue weighted by atomic mass is 10.2. The summed E-state index contributed by atoms with van der Waals surface area (Å²) in [6, 6.07) is 8.11. The number of ketones is 1. The predicted molar refractivity (Wildman–Crippen MR) is 94.2 cm³/mol. The number of carbonyl (C=O) groups is 1. The Hall–Kier alpha value is -2.63. The average Bonchev–Trinajstić information content (AvgIpc) is 2.61. The van der Waals surface area contributed by atoms with E-state index >= 15 is 0 Å². The number of Topliss-reactive ketones (excluding diaryl/α,β-unsaturated/α-hetero) is 1. The van der Waals surface area contributed by atoms with Crippen LogP contribution in [0.2, 0.25) is 0 Å². The standard InChI is InChI=1S/C18H22N4O2/c1-13-17(14(2)23)12-19-18(20-13)22-9-7-21(8-10-22)15-5-4-6-16(11-15)24-3/h4-6,11-12H,7-10H2,1-3H3. The second-order valence-electron chi connectivity index (χ2n) is 5.90. The highest BCUT2D eigenvalue weighted by Crippen LogP contribution is 2.23. The van der Waals surface area contributed by atoms with Crippen LogP contribution < -0.4 is 14.5 Å². The number of aromatic nitrogens is 2. The summed E-state index contributed by atoms with van der Waals surface area (Å²) >= 11 is 0. The molecular weight excluding hydrogens is 304 g/mol. The van der Waals surface area contributed by atoms with Crippen LogP contribution in [0.1, 0.15) is 23.0 Å². The molecule has 0 bridgehead atoms. The molecule has 1 aliphatic heterocycles. The number of nitrogens with zero attached hydrogens (tertiary/aromatic N) is 4. The van der Waals surface area contributed by atoms with E-state index < -0.39 is 0 Å². The van der Waals surface area contributed by atoms with Gasteiger partial charge in [0.25, 0.3) is 0 Å². The SMILES string of the molecule is COc1cccc(N2CCN(c3ncc(C(C)=O)c(C)n3)CC2)c1. The van der Waals surface area contributed by atoms with E-state index in [1.807, 2.05) is 19.1 Å². The molecule has 1 fully saturated rings. The average molecular weight is 326 g/mol. The van der Waals surface area contributed by atoms with Gasteiger partial charge in [0.05, 0.1) is 18.4 Å². The summed E-state index contributed by atoms with van der Waals surface area (Å²) in [6.45, 7) is 6.87. The molecule has 3 rings (SSSR count). The Morgan fingerprint density at radius 1 is 1.17 bits per heavy atom. The third-order valence-electron chi connectivity index (χ3n) is 4.33. The molecule has 0 saturated carbocycles. The number of hydrogen-bond donors (Lipinski definition) is 0. The molecule has 2 heterocycles. The van der Waals surface area contributed by atoms with Crippen LogP contribution in [0.4, 0.5) is 11.6 Å². The maximum Gasteiger partial charge on any atom is 0.225 e. The number of aryl methyl sites for hydroxylation is 1. The molecule has 1 aromatic heterocycles. The van der Waals surface area contributed by atoms with Gasteiger partial charge in [0.2, 0.25) is 5.95 Å². The van der Waals surface area contributed by atoms with E-state index in [1.165, 1.54) is 6.92 Å². The fraction of sp³-hybridized carbons (Fsp3) is 0.389. The molecule has 6 nitrogen and oxygen atoms in total. The molecule has 0 aliphatic carbocycles. The Morgan fingerprint density at radius 3 is 2.50 bits per heavy atom. The van der Waals surface area contributed by atoms with Gasteiger partial charge in [-0.25, -0.2) is 9.97 Å². The van der Waals surface area contributed by atoms with Crippen molar-refractivity contribution in [3.63, 3.8) is 0 Å². The zero-order chi connectivity index (χ0) is 17.1. The van der Waals surface area contributed by atoms with Crippen molar-refractivity contribution in [1.29, 1.82) is 0 Å². The van der Waals surface area contributed by atoms with E-state index in [1.54, 1.807) is 13.3 Å². The van der Waals surface area contributed by atoms with E-state index in [0.717, 1.165) is 43.3 Å².